The smallest absolute Gasteiger partial charge is 0.155 e. The number of anilines is 3. The van der Waals surface area contributed by atoms with Gasteiger partial charge < -0.3 is 19.1 Å². The summed E-state index contributed by atoms with van der Waals surface area (Å²) in [5.41, 5.74) is 11.3. The third-order valence-corrected chi connectivity index (χ3v) is 12.3. The number of benzene rings is 7. The lowest BCUT2D eigenvalue weighted by Crippen LogP contribution is -2.27. The molecule has 55 heavy (non-hydrogen) atoms. The van der Waals surface area contributed by atoms with Crippen LogP contribution in [0.2, 0.25) is 0 Å². The van der Waals surface area contributed by atoms with Gasteiger partial charge >= 0.3 is 0 Å². The maximum atomic E-state index is 6.91. The van der Waals surface area contributed by atoms with Crippen LogP contribution in [0.3, 0.4) is 0 Å². The SMILES string of the molecule is CC1(C)c2ccccc2Oc2c(-c3ccc(N(c4cccc5c4Oc4ccccc4C5(C)C)c4cccc5c4Oc4ccccc4C5(C)C)cc3)cccc21. The van der Waals surface area contributed by atoms with Gasteiger partial charge in [-0.1, -0.05) is 151 Å². The summed E-state index contributed by atoms with van der Waals surface area (Å²) in [6.07, 6.45) is 0. The molecule has 4 nitrogen and oxygen atoms in total. The molecule has 0 saturated carbocycles. The third kappa shape index (κ3) is 4.90. The lowest BCUT2D eigenvalue weighted by Gasteiger charge is -2.39. The fourth-order valence-electron chi connectivity index (χ4n) is 9.15. The van der Waals surface area contributed by atoms with Gasteiger partial charge in [0.15, 0.2) is 11.5 Å². The summed E-state index contributed by atoms with van der Waals surface area (Å²) in [4.78, 5) is 2.31. The van der Waals surface area contributed by atoms with Crippen LogP contribution in [0.1, 0.15) is 74.9 Å². The minimum Gasteiger partial charge on any atom is -0.456 e. The van der Waals surface area contributed by atoms with E-state index in [0.717, 1.165) is 73.8 Å². The highest BCUT2D eigenvalue weighted by Crippen LogP contribution is 2.58. The molecule has 0 bridgehead atoms. The molecule has 0 N–H and O–H groups in total. The summed E-state index contributed by atoms with van der Waals surface area (Å²) in [7, 11) is 0. The second kappa shape index (κ2) is 11.9. The molecule has 10 rings (SSSR count). The van der Waals surface area contributed by atoms with Crippen molar-refractivity contribution >= 4 is 17.1 Å². The minimum absolute atomic E-state index is 0.200. The van der Waals surface area contributed by atoms with Gasteiger partial charge in [-0.15, -0.1) is 0 Å². The lowest BCUT2D eigenvalue weighted by molar-refractivity contribution is 0.416. The monoisotopic (exact) mass is 717 g/mol. The summed E-state index contributed by atoms with van der Waals surface area (Å²) < 4.78 is 20.5. The molecule has 0 spiro atoms. The first-order chi connectivity index (χ1) is 26.5. The van der Waals surface area contributed by atoms with Gasteiger partial charge in [-0.3, -0.25) is 0 Å². The molecule has 0 amide bonds. The molecule has 0 unspecified atom stereocenters. The van der Waals surface area contributed by atoms with Crippen molar-refractivity contribution in [2.24, 2.45) is 0 Å². The first-order valence-electron chi connectivity index (χ1n) is 19.2. The van der Waals surface area contributed by atoms with Crippen molar-refractivity contribution < 1.29 is 14.2 Å². The predicted octanol–water partition coefficient (Wildman–Crippen LogP) is 14.1. The van der Waals surface area contributed by atoms with E-state index < -0.39 is 0 Å². The molecule has 3 aliphatic rings. The molecular formula is C51H43NO3. The maximum absolute atomic E-state index is 6.91. The number of para-hydroxylation sites is 6. The Hall–Kier alpha value is -6.26. The maximum Gasteiger partial charge on any atom is 0.155 e. The molecular weight excluding hydrogens is 675 g/mol. The Labute approximate surface area is 323 Å². The van der Waals surface area contributed by atoms with Gasteiger partial charge in [-0.05, 0) is 48.0 Å². The summed E-state index contributed by atoms with van der Waals surface area (Å²) in [5.74, 6) is 5.26. The van der Waals surface area contributed by atoms with Gasteiger partial charge in [0.1, 0.15) is 23.0 Å². The molecule has 0 radical (unpaired) electrons. The molecule has 0 aliphatic carbocycles. The summed E-state index contributed by atoms with van der Waals surface area (Å²) in [5, 5.41) is 0. The molecule has 270 valence electrons. The van der Waals surface area contributed by atoms with Crippen LogP contribution < -0.4 is 19.1 Å². The largest absolute Gasteiger partial charge is 0.456 e. The van der Waals surface area contributed by atoms with E-state index >= 15 is 0 Å². The van der Waals surface area contributed by atoms with Crippen LogP contribution in [-0.2, 0) is 16.2 Å². The van der Waals surface area contributed by atoms with Crippen LogP contribution in [0, 0.1) is 0 Å². The number of ether oxygens (including phenoxy) is 3. The van der Waals surface area contributed by atoms with Gasteiger partial charge in [0.05, 0.1) is 11.4 Å². The van der Waals surface area contributed by atoms with Crippen LogP contribution in [0.4, 0.5) is 17.1 Å². The van der Waals surface area contributed by atoms with E-state index in [2.05, 4.69) is 180 Å². The van der Waals surface area contributed by atoms with Crippen molar-refractivity contribution in [2.45, 2.75) is 57.8 Å². The number of fused-ring (bicyclic) bond motifs is 6. The fourth-order valence-corrected chi connectivity index (χ4v) is 9.15. The zero-order chi connectivity index (χ0) is 37.7. The van der Waals surface area contributed by atoms with Gasteiger partial charge in [-0.25, -0.2) is 0 Å². The lowest BCUT2D eigenvalue weighted by atomic mass is 9.75. The highest BCUT2D eigenvalue weighted by Gasteiger charge is 2.40. The van der Waals surface area contributed by atoms with Gasteiger partial charge in [0.25, 0.3) is 0 Å². The molecule has 0 aromatic heterocycles. The summed E-state index contributed by atoms with van der Waals surface area (Å²) >= 11 is 0. The second-order valence-corrected chi connectivity index (χ2v) is 16.5. The minimum atomic E-state index is -0.276. The van der Waals surface area contributed by atoms with Crippen LogP contribution in [0.15, 0.2) is 152 Å². The molecule has 3 aliphatic heterocycles. The second-order valence-electron chi connectivity index (χ2n) is 16.5. The Bertz CT molecular complexity index is 2560. The molecule has 3 heterocycles. The Morgan fingerprint density at radius 3 is 1.16 bits per heavy atom. The van der Waals surface area contributed by atoms with E-state index in [1.165, 1.54) is 22.3 Å². The molecule has 0 saturated heterocycles. The van der Waals surface area contributed by atoms with Gasteiger partial charge in [0, 0.05) is 60.9 Å². The first kappa shape index (κ1) is 33.3. The molecule has 0 fully saturated rings. The summed E-state index contributed by atoms with van der Waals surface area (Å²) in [6.45, 7) is 13.7. The van der Waals surface area contributed by atoms with Gasteiger partial charge in [0.2, 0.25) is 0 Å². The number of rotatable bonds is 4. The van der Waals surface area contributed by atoms with Crippen LogP contribution >= 0.6 is 0 Å². The van der Waals surface area contributed by atoms with Crippen molar-refractivity contribution in [2.75, 3.05) is 4.90 Å². The van der Waals surface area contributed by atoms with E-state index in [1.807, 2.05) is 18.2 Å². The zero-order valence-electron chi connectivity index (χ0n) is 32.1. The molecule has 7 aromatic rings. The number of nitrogens with zero attached hydrogens (tertiary/aromatic N) is 1. The Kier molecular flexibility index (Phi) is 7.19. The fraction of sp³-hybridized carbons (Fsp3) is 0.176. The standard InChI is InChI=1S/C51H43NO3/c1-49(2)35-17-7-10-25-43(35)53-46-34(16-13-20-38(46)49)32-28-30-33(31-29-32)52(41-23-14-21-39-47(41)54-44-26-11-8-18-36(44)50(39,3)4)42-24-15-22-40-48(42)55-45-27-12-9-19-37(45)51(40,5)6/h7-31H,1-6H3. The van der Waals surface area contributed by atoms with Crippen LogP contribution in [0.25, 0.3) is 11.1 Å². The van der Waals surface area contributed by atoms with Crippen LogP contribution in [-0.4, -0.2) is 0 Å². The first-order valence-corrected chi connectivity index (χ1v) is 19.2. The van der Waals surface area contributed by atoms with E-state index in [0.29, 0.717) is 0 Å². The zero-order valence-corrected chi connectivity index (χ0v) is 32.1. The topological polar surface area (TPSA) is 30.9 Å². The van der Waals surface area contributed by atoms with Crippen molar-refractivity contribution in [3.8, 4) is 45.6 Å². The molecule has 7 aromatic carbocycles. The average molecular weight is 718 g/mol. The Morgan fingerprint density at radius 2 is 0.709 bits per heavy atom. The van der Waals surface area contributed by atoms with Crippen LogP contribution in [0.5, 0.6) is 34.5 Å². The highest BCUT2D eigenvalue weighted by molar-refractivity contribution is 5.88. The van der Waals surface area contributed by atoms with Crippen molar-refractivity contribution in [1.29, 1.82) is 0 Å². The third-order valence-electron chi connectivity index (χ3n) is 12.3. The number of hydrogen-bond acceptors (Lipinski definition) is 4. The Balaban J connectivity index is 1.15. The molecule has 0 atom stereocenters. The van der Waals surface area contributed by atoms with E-state index in [9.17, 15) is 0 Å². The van der Waals surface area contributed by atoms with E-state index in [-0.39, 0.29) is 16.2 Å². The van der Waals surface area contributed by atoms with Crippen molar-refractivity contribution in [3.05, 3.63) is 185 Å². The quantitative estimate of drug-likeness (QED) is 0.181. The Morgan fingerprint density at radius 1 is 0.345 bits per heavy atom. The predicted molar refractivity (Wildman–Crippen MR) is 222 cm³/mol. The normalized spacial score (nSPS) is 16.0. The van der Waals surface area contributed by atoms with E-state index in [4.69, 9.17) is 14.2 Å². The van der Waals surface area contributed by atoms with Crippen molar-refractivity contribution in [3.63, 3.8) is 0 Å². The summed E-state index contributed by atoms with van der Waals surface area (Å²) in [6, 6.07) is 53.5. The number of hydrogen-bond donors (Lipinski definition) is 0. The van der Waals surface area contributed by atoms with Gasteiger partial charge in [-0.2, -0.15) is 0 Å². The average Bonchev–Trinajstić information content (AvgIpc) is 3.19. The highest BCUT2D eigenvalue weighted by atomic mass is 16.5. The van der Waals surface area contributed by atoms with E-state index in [1.54, 1.807) is 0 Å². The molecule has 4 heteroatoms. The van der Waals surface area contributed by atoms with Crippen molar-refractivity contribution in [1.82, 2.24) is 0 Å².